The molecule has 0 aliphatic heterocycles. The van der Waals surface area contributed by atoms with Crippen LogP contribution in [0, 0.1) is 6.42 Å². The SMILES string of the molecule is CC=C[CH-]CC.[Br-].[Mg+2]. The number of hydrogen-bond acceptors (Lipinski definition) is 0. The van der Waals surface area contributed by atoms with Crippen molar-refractivity contribution in [3.05, 3.63) is 18.6 Å². The average Bonchev–Trinajstić information content (AvgIpc) is 1.61. The van der Waals surface area contributed by atoms with Gasteiger partial charge in [-0.3, -0.25) is 0 Å². The first-order valence-electron chi connectivity index (χ1n) is 2.36. The molecule has 0 rings (SSSR count). The quantitative estimate of drug-likeness (QED) is 0.376. The summed E-state index contributed by atoms with van der Waals surface area (Å²) in [6.45, 7) is 4.14. The van der Waals surface area contributed by atoms with Crippen LogP contribution in [0.2, 0.25) is 0 Å². The Bertz CT molecular complexity index is 43.8. The molecule has 0 saturated heterocycles. The minimum atomic E-state index is 0. The summed E-state index contributed by atoms with van der Waals surface area (Å²) in [5.41, 5.74) is 0. The Balaban J connectivity index is -0.000000125. The van der Waals surface area contributed by atoms with E-state index in [0.29, 0.717) is 0 Å². The molecule has 0 aromatic heterocycles. The Hall–Kier alpha value is 0.856. The third-order valence-corrected chi connectivity index (χ3v) is 0.564. The molecule has 44 valence electrons. The van der Waals surface area contributed by atoms with Crippen molar-refractivity contribution in [3.63, 3.8) is 0 Å². The normalized spacial score (nSPS) is 7.25. The summed E-state index contributed by atoms with van der Waals surface area (Å²) in [7, 11) is 0. The maximum absolute atomic E-state index is 2.12. The van der Waals surface area contributed by atoms with Crippen LogP contribution in [0.5, 0.6) is 0 Å². The second-order valence-electron chi connectivity index (χ2n) is 1.17. The third kappa shape index (κ3) is 15.8. The zero-order chi connectivity index (χ0) is 4.83. The first kappa shape index (κ1) is 15.9. The Morgan fingerprint density at radius 2 is 2.00 bits per heavy atom. The smallest absolute Gasteiger partial charge is 1.00 e. The molecule has 0 N–H and O–H groups in total. The fraction of sp³-hybridized carbons (Fsp3) is 0.500. The van der Waals surface area contributed by atoms with Gasteiger partial charge in [-0.05, 0) is 0 Å². The molecule has 0 saturated carbocycles. The molecule has 0 aromatic rings. The fourth-order valence-corrected chi connectivity index (χ4v) is 0.272. The Labute approximate surface area is 78.7 Å². The van der Waals surface area contributed by atoms with Crippen LogP contribution in [0.25, 0.3) is 0 Å². The molecule has 0 spiro atoms. The van der Waals surface area contributed by atoms with E-state index < -0.39 is 0 Å². The van der Waals surface area contributed by atoms with Crippen LogP contribution in [-0.4, -0.2) is 23.1 Å². The maximum Gasteiger partial charge on any atom is 2.00 e. The van der Waals surface area contributed by atoms with Crippen molar-refractivity contribution in [1.82, 2.24) is 0 Å². The van der Waals surface area contributed by atoms with Gasteiger partial charge in [-0.2, -0.15) is 0 Å². The van der Waals surface area contributed by atoms with Crippen molar-refractivity contribution < 1.29 is 17.0 Å². The number of rotatable bonds is 2. The molecule has 0 aliphatic rings. The third-order valence-electron chi connectivity index (χ3n) is 0.564. The van der Waals surface area contributed by atoms with Crippen molar-refractivity contribution in [2.24, 2.45) is 0 Å². The summed E-state index contributed by atoms with van der Waals surface area (Å²) < 4.78 is 0. The fourth-order valence-electron chi connectivity index (χ4n) is 0.272. The summed E-state index contributed by atoms with van der Waals surface area (Å²) >= 11 is 0. The van der Waals surface area contributed by atoms with Crippen LogP contribution in [0.4, 0.5) is 0 Å². The second-order valence-corrected chi connectivity index (χ2v) is 1.17. The van der Waals surface area contributed by atoms with Gasteiger partial charge in [-0.15, -0.1) is 13.3 Å². The molecule has 0 amide bonds. The molecule has 0 aromatic carbocycles. The summed E-state index contributed by atoms with van der Waals surface area (Å²) in [4.78, 5) is 0. The van der Waals surface area contributed by atoms with Gasteiger partial charge in [0.25, 0.3) is 0 Å². The molecule has 2 heteroatoms. The molecular formula is C6H11BrMg. The van der Waals surface area contributed by atoms with E-state index in [-0.39, 0.29) is 40.0 Å². The predicted molar refractivity (Wildman–Crippen MR) is 35.2 cm³/mol. The molecule has 0 atom stereocenters. The molecule has 0 heterocycles. The van der Waals surface area contributed by atoms with Crippen molar-refractivity contribution in [2.45, 2.75) is 20.3 Å². The second kappa shape index (κ2) is 15.7. The van der Waals surface area contributed by atoms with Crippen molar-refractivity contribution in [3.8, 4) is 0 Å². The van der Waals surface area contributed by atoms with Gasteiger partial charge in [0.1, 0.15) is 0 Å². The maximum atomic E-state index is 2.12. The monoisotopic (exact) mass is 186 g/mol. The van der Waals surface area contributed by atoms with Crippen molar-refractivity contribution >= 4 is 23.1 Å². The summed E-state index contributed by atoms with van der Waals surface area (Å²) in [5.74, 6) is 0. The van der Waals surface area contributed by atoms with Gasteiger partial charge in [-0.1, -0.05) is 6.92 Å². The Kier molecular flexibility index (Phi) is 31.2. The van der Waals surface area contributed by atoms with Gasteiger partial charge in [0, 0.05) is 0 Å². The van der Waals surface area contributed by atoms with E-state index in [9.17, 15) is 0 Å². The summed E-state index contributed by atoms with van der Waals surface area (Å²) in [6, 6.07) is 0. The molecule has 0 aliphatic carbocycles. The van der Waals surface area contributed by atoms with Crippen LogP contribution in [-0.2, 0) is 0 Å². The first-order valence-corrected chi connectivity index (χ1v) is 2.36. The van der Waals surface area contributed by atoms with Gasteiger partial charge in [0.15, 0.2) is 0 Å². The van der Waals surface area contributed by atoms with E-state index in [1.807, 2.05) is 13.0 Å². The van der Waals surface area contributed by atoms with Crippen LogP contribution >= 0.6 is 0 Å². The van der Waals surface area contributed by atoms with Gasteiger partial charge >= 0.3 is 23.1 Å². The predicted octanol–water partition coefficient (Wildman–Crippen LogP) is -1.20. The molecule has 0 nitrogen and oxygen atoms in total. The standard InChI is InChI=1S/C6H11.BrH.Mg/c1-3-5-6-4-2;;/h3,5-6H,4H2,1-2H3;1H;/q-1;;+2/p-1. The van der Waals surface area contributed by atoms with Gasteiger partial charge in [-0.25, -0.2) is 18.6 Å². The summed E-state index contributed by atoms with van der Waals surface area (Å²) in [5, 5.41) is 0. The zero-order valence-corrected chi connectivity index (χ0v) is 8.52. The van der Waals surface area contributed by atoms with Crippen molar-refractivity contribution in [1.29, 1.82) is 0 Å². The van der Waals surface area contributed by atoms with E-state index in [0.717, 1.165) is 6.42 Å². The van der Waals surface area contributed by atoms with Gasteiger partial charge in [0.05, 0.1) is 0 Å². The molecule has 0 unspecified atom stereocenters. The van der Waals surface area contributed by atoms with Crippen LogP contribution < -0.4 is 17.0 Å². The van der Waals surface area contributed by atoms with E-state index in [4.69, 9.17) is 0 Å². The van der Waals surface area contributed by atoms with Crippen LogP contribution in [0.15, 0.2) is 12.2 Å². The largest absolute Gasteiger partial charge is 2.00 e. The van der Waals surface area contributed by atoms with E-state index in [1.54, 1.807) is 0 Å². The molecule has 0 fully saturated rings. The average molecular weight is 187 g/mol. The van der Waals surface area contributed by atoms with Crippen LogP contribution in [0.3, 0.4) is 0 Å². The topological polar surface area (TPSA) is 0 Å². The molecule has 0 bridgehead atoms. The molecule has 8 heavy (non-hydrogen) atoms. The van der Waals surface area contributed by atoms with Crippen molar-refractivity contribution in [2.75, 3.05) is 0 Å². The number of hydrogen-bond donors (Lipinski definition) is 0. The minimum Gasteiger partial charge on any atom is -1.00 e. The zero-order valence-electron chi connectivity index (χ0n) is 5.52. The van der Waals surface area contributed by atoms with E-state index >= 15 is 0 Å². The number of halogens is 1. The Morgan fingerprint density at radius 1 is 1.50 bits per heavy atom. The number of unbranched alkanes of at least 4 members (excludes halogenated alkanes) is 1. The van der Waals surface area contributed by atoms with Gasteiger partial charge < -0.3 is 17.0 Å². The van der Waals surface area contributed by atoms with E-state index in [2.05, 4.69) is 19.4 Å². The van der Waals surface area contributed by atoms with Gasteiger partial charge in [0.2, 0.25) is 0 Å². The molecular weight excluding hydrogens is 176 g/mol. The van der Waals surface area contributed by atoms with E-state index in [1.165, 1.54) is 0 Å². The first-order chi connectivity index (χ1) is 2.91. The minimum absolute atomic E-state index is 0. The Morgan fingerprint density at radius 3 is 2.12 bits per heavy atom. The van der Waals surface area contributed by atoms with Crippen LogP contribution in [0.1, 0.15) is 20.3 Å². The summed E-state index contributed by atoms with van der Waals surface area (Å²) in [6.07, 6.45) is 7.36. The number of allylic oxidation sites excluding steroid dienone is 2. The molecule has 0 radical (unpaired) electrons.